The molecule has 0 aliphatic rings. The smallest absolute Gasteiger partial charge is 0.306 e. The molecule has 21 heavy (non-hydrogen) atoms. The number of hydrogen-bond acceptors (Lipinski definition) is 4. The van der Waals surface area contributed by atoms with E-state index in [9.17, 15) is 9.59 Å². The molecule has 0 amide bonds. The van der Waals surface area contributed by atoms with Crippen LogP contribution in [-0.2, 0) is 16.0 Å². The maximum atomic E-state index is 11.8. The Kier molecular flexibility index (Phi) is 5.25. The highest BCUT2D eigenvalue weighted by Crippen LogP contribution is 2.26. The summed E-state index contributed by atoms with van der Waals surface area (Å²) in [5.41, 5.74) is 1.68. The number of rotatable bonds is 6. The minimum absolute atomic E-state index is 0.0408. The van der Waals surface area contributed by atoms with Crippen molar-refractivity contribution in [2.75, 3.05) is 0 Å². The molecule has 110 valence electrons. The lowest BCUT2D eigenvalue weighted by Gasteiger charge is -2.03. The number of carbonyl (C=O) groups excluding carboxylic acids is 1. The number of carboxylic acid groups (broad SMARTS) is 1. The second-order valence-corrected chi connectivity index (χ2v) is 6.59. The number of aromatic nitrogens is 1. The second-order valence-electron chi connectivity index (χ2n) is 4.81. The molecule has 0 unspecified atom stereocenters. The van der Waals surface area contributed by atoms with E-state index in [-0.39, 0.29) is 18.6 Å². The molecule has 0 bridgehead atoms. The van der Waals surface area contributed by atoms with Crippen LogP contribution in [0.3, 0.4) is 0 Å². The van der Waals surface area contributed by atoms with Gasteiger partial charge in [-0.15, -0.1) is 11.3 Å². The van der Waals surface area contributed by atoms with Gasteiger partial charge in [0.15, 0.2) is 0 Å². The molecular formula is C15H14BrNO3S. The third-order valence-corrected chi connectivity index (χ3v) is 4.39. The van der Waals surface area contributed by atoms with Crippen molar-refractivity contribution in [2.45, 2.75) is 19.8 Å². The van der Waals surface area contributed by atoms with Crippen LogP contribution in [0.2, 0.25) is 0 Å². The lowest BCUT2D eigenvalue weighted by Crippen LogP contribution is -2.16. The van der Waals surface area contributed by atoms with Gasteiger partial charge in [0.1, 0.15) is 10.8 Å². The summed E-state index contributed by atoms with van der Waals surface area (Å²) in [6, 6.07) is 7.80. The normalized spacial score (nSPS) is 12.1. The van der Waals surface area contributed by atoms with Crippen LogP contribution in [0.5, 0.6) is 0 Å². The Bertz CT molecular complexity index is 668. The minimum atomic E-state index is -0.948. The number of thiazole rings is 1. The summed E-state index contributed by atoms with van der Waals surface area (Å²) < 4.78 is 0.975. The van der Waals surface area contributed by atoms with E-state index in [1.807, 2.05) is 29.6 Å². The number of benzene rings is 1. The summed E-state index contributed by atoms with van der Waals surface area (Å²) in [7, 11) is 0. The zero-order valence-electron chi connectivity index (χ0n) is 11.4. The van der Waals surface area contributed by atoms with Crippen LogP contribution in [0.1, 0.15) is 19.0 Å². The molecule has 0 fully saturated rings. The second kappa shape index (κ2) is 6.95. The van der Waals surface area contributed by atoms with Crippen LogP contribution >= 0.6 is 27.3 Å². The molecule has 1 N–H and O–H groups in total. The van der Waals surface area contributed by atoms with Gasteiger partial charge in [0.25, 0.3) is 0 Å². The molecule has 4 nitrogen and oxygen atoms in total. The topological polar surface area (TPSA) is 67.3 Å². The molecule has 1 heterocycles. The summed E-state index contributed by atoms with van der Waals surface area (Å²) in [5, 5.41) is 11.5. The van der Waals surface area contributed by atoms with Crippen molar-refractivity contribution >= 4 is 39.0 Å². The fourth-order valence-corrected chi connectivity index (χ4v) is 3.06. The van der Waals surface area contributed by atoms with Crippen LogP contribution in [0.15, 0.2) is 34.1 Å². The number of ketones is 1. The molecule has 1 aromatic carbocycles. The molecule has 0 aliphatic carbocycles. The Morgan fingerprint density at radius 2 is 2.19 bits per heavy atom. The highest BCUT2D eigenvalue weighted by Gasteiger charge is 2.17. The molecule has 0 radical (unpaired) electrons. The van der Waals surface area contributed by atoms with E-state index < -0.39 is 11.9 Å². The number of hydrogen-bond donors (Lipinski definition) is 1. The summed E-state index contributed by atoms with van der Waals surface area (Å²) >= 11 is 4.89. The van der Waals surface area contributed by atoms with E-state index in [1.165, 1.54) is 18.3 Å². The summed E-state index contributed by atoms with van der Waals surface area (Å²) in [4.78, 5) is 27.0. The Balaban J connectivity index is 2.03. The number of nitrogens with zero attached hydrogens (tertiary/aromatic N) is 1. The third-order valence-electron chi connectivity index (χ3n) is 2.96. The zero-order chi connectivity index (χ0) is 15.4. The third kappa shape index (κ3) is 4.47. The monoisotopic (exact) mass is 367 g/mol. The van der Waals surface area contributed by atoms with Gasteiger partial charge >= 0.3 is 5.97 Å². The van der Waals surface area contributed by atoms with Crippen molar-refractivity contribution in [1.29, 1.82) is 0 Å². The Morgan fingerprint density at radius 1 is 1.43 bits per heavy atom. The predicted molar refractivity (Wildman–Crippen MR) is 85.4 cm³/mol. The molecule has 1 atom stereocenters. The first kappa shape index (κ1) is 15.9. The first-order valence-corrected chi connectivity index (χ1v) is 8.08. The van der Waals surface area contributed by atoms with Crippen LogP contribution in [0, 0.1) is 5.92 Å². The summed E-state index contributed by atoms with van der Waals surface area (Å²) in [6.45, 7) is 1.54. The molecule has 0 aliphatic heterocycles. The van der Waals surface area contributed by atoms with E-state index in [4.69, 9.17) is 5.11 Å². The number of carbonyl (C=O) groups is 2. The molecule has 2 aromatic rings. The average Bonchev–Trinajstić information content (AvgIpc) is 2.86. The number of carboxylic acids is 1. The molecular weight excluding hydrogens is 354 g/mol. The first-order valence-electron chi connectivity index (χ1n) is 6.40. The number of Topliss-reactive ketones (excluding diaryl/α,β-unsaturated/α-hetero) is 1. The molecule has 0 spiro atoms. The average molecular weight is 368 g/mol. The van der Waals surface area contributed by atoms with Crippen molar-refractivity contribution in [3.8, 4) is 10.6 Å². The van der Waals surface area contributed by atoms with E-state index in [0.717, 1.165) is 15.0 Å². The fourth-order valence-electron chi connectivity index (χ4n) is 1.85. The van der Waals surface area contributed by atoms with Crippen molar-refractivity contribution in [1.82, 2.24) is 4.98 Å². The first-order chi connectivity index (χ1) is 9.95. The fraction of sp³-hybridized carbons (Fsp3) is 0.267. The van der Waals surface area contributed by atoms with Gasteiger partial charge in [-0.05, 0) is 12.1 Å². The standard InChI is InChI=1S/C15H14BrNO3S/c1-9(15(19)20)5-13(18)7-12-8-21-14(17-12)10-3-2-4-11(16)6-10/h2-4,6,8-9H,5,7H2,1H3,(H,19,20)/t9-/m0/s1. The Labute approximate surface area is 135 Å². The molecule has 1 aromatic heterocycles. The van der Waals surface area contributed by atoms with Gasteiger partial charge in [0, 0.05) is 28.3 Å². The predicted octanol–water partition coefficient (Wildman–Crippen LogP) is 3.80. The van der Waals surface area contributed by atoms with Crippen LogP contribution < -0.4 is 0 Å². The van der Waals surface area contributed by atoms with Crippen LogP contribution in [-0.4, -0.2) is 21.8 Å². The number of aliphatic carboxylic acids is 1. The van der Waals surface area contributed by atoms with E-state index in [2.05, 4.69) is 20.9 Å². The molecule has 0 saturated heterocycles. The van der Waals surface area contributed by atoms with Gasteiger partial charge in [0.2, 0.25) is 0 Å². The van der Waals surface area contributed by atoms with Gasteiger partial charge in [-0.2, -0.15) is 0 Å². The van der Waals surface area contributed by atoms with Gasteiger partial charge in [0.05, 0.1) is 11.6 Å². The Morgan fingerprint density at radius 3 is 2.86 bits per heavy atom. The van der Waals surface area contributed by atoms with Crippen LogP contribution in [0.25, 0.3) is 10.6 Å². The lowest BCUT2D eigenvalue weighted by atomic mass is 10.0. The van der Waals surface area contributed by atoms with Crippen molar-refractivity contribution in [3.63, 3.8) is 0 Å². The molecule has 0 saturated carbocycles. The van der Waals surface area contributed by atoms with E-state index in [0.29, 0.717) is 5.69 Å². The highest BCUT2D eigenvalue weighted by molar-refractivity contribution is 9.10. The largest absolute Gasteiger partial charge is 0.481 e. The summed E-state index contributed by atoms with van der Waals surface area (Å²) in [5.74, 6) is -1.70. The molecule has 6 heteroatoms. The van der Waals surface area contributed by atoms with E-state index >= 15 is 0 Å². The van der Waals surface area contributed by atoms with Gasteiger partial charge in [-0.25, -0.2) is 4.98 Å². The molecule has 2 rings (SSSR count). The van der Waals surface area contributed by atoms with Crippen molar-refractivity contribution in [3.05, 3.63) is 39.8 Å². The maximum Gasteiger partial charge on any atom is 0.306 e. The number of halogens is 1. The van der Waals surface area contributed by atoms with Crippen molar-refractivity contribution in [2.24, 2.45) is 5.92 Å². The van der Waals surface area contributed by atoms with Crippen molar-refractivity contribution < 1.29 is 14.7 Å². The van der Waals surface area contributed by atoms with E-state index in [1.54, 1.807) is 0 Å². The minimum Gasteiger partial charge on any atom is -0.481 e. The van der Waals surface area contributed by atoms with Gasteiger partial charge < -0.3 is 5.11 Å². The van der Waals surface area contributed by atoms with Gasteiger partial charge in [-0.1, -0.05) is 35.0 Å². The lowest BCUT2D eigenvalue weighted by molar-refractivity contribution is -0.143. The summed E-state index contributed by atoms with van der Waals surface area (Å²) in [6.07, 6.45) is 0.223. The zero-order valence-corrected chi connectivity index (χ0v) is 13.8. The highest BCUT2D eigenvalue weighted by atomic mass is 79.9. The SMILES string of the molecule is C[C@@H](CC(=O)Cc1csc(-c2cccc(Br)c2)n1)C(=O)O. The quantitative estimate of drug-likeness (QED) is 0.842. The Hall–Kier alpha value is -1.53. The maximum absolute atomic E-state index is 11.8. The van der Waals surface area contributed by atoms with Crippen LogP contribution in [0.4, 0.5) is 0 Å². The van der Waals surface area contributed by atoms with Gasteiger partial charge in [-0.3, -0.25) is 9.59 Å².